The summed E-state index contributed by atoms with van der Waals surface area (Å²) in [4.78, 5) is 6.86. The molecule has 1 aromatic heterocycles. The molecule has 1 aliphatic heterocycles. The Hall–Kier alpha value is -2.27. The second kappa shape index (κ2) is 7.53. The lowest BCUT2D eigenvalue weighted by atomic mass is 10.1. The van der Waals surface area contributed by atoms with Gasteiger partial charge < -0.3 is 15.2 Å². The molecule has 1 atom stereocenters. The molecule has 128 valence electrons. The van der Waals surface area contributed by atoms with Crippen molar-refractivity contribution in [1.29, 1.82) is 0 Å². The summed E-state index contributed by atoms with van der Waals surface area (Å²) in [6.07, 6.45) is 1.16. The zero-order valence-corrected chi connectivity index (χ0v) is 14.3. The fourth-order valence-electron chi connectivity index (χ4n) is 3.21. The Morgan fingerprint density at radius 3 is 2.92 bits per heavy atom. The van der Waals surface area contributed by atoms with Crippen LogP contribution in [0.2, 0.25) is 0 Å². The van der Waals surface area contributed by atoms with Gasteiger partial charge in [0, 0.05) is 30.9 Å². The van der Waals surface area contributed by atoms with Crippen molar-refractivity contribution in [2.24, 2.45) is 5.92 Å². The van der Waals surface area contributed by atoms with Gasteiger partial charge in [0.05, 0.1) is 7.11 Å². The smallest absolute Gasteiger partial charge is 0.162 e. The number of aromatic hydroxyl groups is 1. The number of anilines is 1. The molecule has 0 bridgehead atoms. The SMILES string of the molecule is COc1cccc(CN2CCC(CNc3cccc(C)n3)C2)c1O. The summed E-state index contributed by atoms with van der Waals surface area (Å²) in [5.74, 6) is 2.33. The molecular formula is C19H25N3O2. The van der Waals surface area contributed by atoms with E-state index >= 15 is 0 Å². The number of aromatic nitrogens is 1. The predicted molar refractivity (Wildman–Crippen MR) is 95.5 cm³/mol. The number of methoxy groups -OCH3 is 1. The molecule has 0 saturated carbocycles. The van der Waals surface area contributed by atoms with Crippen molar-refractivity contribution < 1.29 is 9.84 Å². The first-order valence-corrected chi connectivity index (χ1v) is 8.40. The van der Waals surface area contributed by atoms with Crippen molar-refractivity contribution in [3.63, 3.8) is 0 Å². The molecule has 24 heavy (non-hydrogen) atoms. The highest BCUT2D eigenvalue weighted by Crippen LogP contribution is 2.31. The number of aryl methyl sites for hydroxylation is 1. The molecule has 1 saturated heterocycles. The van der Waals surface area contributed by atoms with Gasteiger partial charge in [0.1, 0.15) is 5.82 Å². The summed E-state index contributed by atoms with van der Waals surface area (Å²) in [7, 11) is 1.58. The second-order valence-electron chi connectivity index (χ2n) is 6.40. The number of benzene rings is 1. The van der Waals surface area contributed by atoms with Crippen LogP contribution in [0.4, 0.5) is 5.82 Å². The van der Waals surface area contributed by atoms with Crippen molar-refractivity contribution >= 4 is 5.82 Å². The molecule has 1 aromatic carbocycles. The molecule has 5 heteroatoms. The number of para-hydroxylation sites is 1. The Labute approximate surface area is 143 Å². The fraction of sp³-hybridized carbons (Fsp3) is 0.421. The minimum absolute atomic E-state index is 0.255. The maximum Gasteiger partial charge on any atom is 0.162 e. The van der Waals surface area contributed by atoms with Gasteiger partial charge in [-0.2, -0.15) is 0 Å². The van der Waals surface area contributed by atoms with Crippen molar-refractivity contribution in [2.75, 3.05) is 32.1 Å². The molecule has 1 aliphatic rings. The molecule has 0 spiro atoms. The number of likely N-dealkylation sites (tertiary alicyclic amines) is 1. The summed E-state index contributed by atoms with van der Waals surface area (Å²) in [5, 5.41) is 13.7. The minimum Gasteiger partial charge on any atom is -0.504 e. The van der Waals surface area contributed by atoms with Crippen LogP contribution < -0.4 is 10.1 Å². The zero-order chi connectivity index (χ0) is 16.9. The number of ether oxygens (including phenoxy) is 1. The van der Waals surface area contributed by atoms with Gasteiger partial charge in [-0.05, 0) is 44.0 Å². The van der Waals surface area contributed by atoms with Crippen molar-refractivity contribution in [3.05, 3.63) is 47.7 Å². The highest BCUT2D eigenvalue weighted by molar-refractivity contribution is 5.45. The van der Waals surface area contributed by atoms with Gasteiger partial charge in [0.2, 0.25) is 0 Å². The van der Waals surface area contributed by atoms with E-state index in [0.29, 0.717) is 11.7 Å². The third-order valence-electron chi connectivity index (χ3n) is 4.53. The first kappa shape index (κ1) is 16.6. The van der Waals surface area contributed by atoms with Crippen LogP contribution in [0.5, 0.6) is 11.5 Å². The van der Waals surface area contributed by atoms with Gasteiger partial charge >= 0.3 is 0 Å². The van der Waals surface area contributed by atoms with E-state index in [1.807, 2.05) is 37.3 Å². The summed E-state index contributed by atoms with van der Waals surface area (Å²) in [5.41, 5.74) is 1.95. The molecular weight excluding hydrogens is 302 g/mol. The second-order valence-corrected chi connectivity index (χ2v) is 6.40. The Bertz CT molecular complexity index is 690. The summed E-state index contributed by atoms with van der Waals surface area (Å²) in [6, 6.07) is 11.7. The van der Waals surface area contributed by atoms with E-state index in [4.69, 9.17) is 4.74 Å². The fourth-order valence-corrected chi connectivity index (χ4v) is 3.21. The maximum atomic E-state index is 10.2. The number of hydrogen-bond acceptors (Lipinski definition) is 5. The van der Waals surface area contributed by atoms with Gasteiger partial charge in [-0.25, -0.2) is 4.98 Å². The van der Waals surface area contributed by atoms with E-state index in [-0.39, 0.29) is 5.75 Å². The summed E-state index contributed by atoms with van der Waals surface area (Å²) < 4.78 is 5.18. The van der Waals surface area contributed by atoms with Crippen LogP contribution in [-0.4, -0.2) is 41.7 Å². The van der Waals surface area contributed by atoms with E-state index in [1.54, 1.807) is 13.2 Å². The average molecular weight is 327 g/mol. The van der Waals surface area contributed by atoms with Crippen LogP contribution in [0, 0.1) is 12.8 Å². The molecule has 3 rings (SSSR count). The number of pyridine rings is 1. The molecule has 1 fully saturated rings. The summed E-state index contributed by atoms with van der Waals surface area (Å²) in [6.45, 7) is 5.75. The number of phenols is 1. The molecule has 5 nitrogen and oxygen atoms in total. The Morgan fingerprint density at radius 2 is 2.12 bits per heavy atom. The molecule has 0 amide bonds. The Balaban J connectivity index is 1.52. The Kier molecular flexibility index (Phi) is 5.20. The van der Waals surface area contributed by atoms with Crippen LogP contribution >= 0.6 is 0 Å². The van der Waals surface area contributed by atoms with E-state index in [9.17, 15) is 5.11 Å². The largest absolute Gasteiger partial charge is 0.504 e. The predicted octanol–water partition coefficient (Wildman–Crippen LogP) is 3.04. The van der Waals surface area contributed by atoms with Crippen molar-refractivity contribution in [3.8, 4) is 11.5 Å². The van der Waals surface area contributed by atoms with E-state index < -0.39 is 0 Å². The van der Waals surface area contributed by atoms with Gasteiger partial charge in [-0.1, -0.05) is 18.2 Å². The highest BCUT2D eigenvalue weighted by atomic mass is 16.5. The van der Waals surface area contributed by atoms with Gasteiger partial charge in [0.15, 0.2) is 11.5 Å². The van der Waals surface area contributed by atoms with Gasteiger partial charge in [-0.15, -0.1) is 0 Å². The third-order valence-corrected chi connectivity index (χ3v) is 4.53. The van der Waals surface area contributed by atoms with Crippen LogP contribution in [0.25, 0.3) is 0 Å². The van der Waals surface area contributed by atoms with Crippen LogP contribution in [0.15, 0.2) is 36.4 Å². The lowest BCUT2D eigenvalue weighted by Crippen LogP contribution is -2.23. The molecule has 2 heterocycles. The standard InChI is InChI=1S/C19H25N3O2/c1-14-5-3-8-18(21-14)20-11-15-9-10-22(12-15)13-16-6-4-7-17(24-2)19(16)23/h3-8,15,23H,9-13H2,1-2H3,(H,20,21). The zero-order valence-electron chi connectivity index (χ0n) is 14.3. The molecule has 0 radical (unpaired) electrons. The van der Waals surface area contributed by atoms with Crippen LogP contribution in [0.1, 0.15) is 17.7 Å². The summed E-state index contributed by atoms with van der Waals surface area (Å²) >= 11 is 0. The molecule has 2 N–H and O–H groups in total. The quantitative estimate of drug-likeness (QED) is 0.854. The topological polar surface area (TPSA) is 57.6 Å². The number of nitrogens with one attached hydrogen (secondary N) is 1. The van der Waals surface area contributed by atoms with Crippen LogP contribution in [-0.2, 0) is 6.54 Å². The molecule has 0 aliphatic carbocycles. The van der Waals surface area contributed by atoms with Gasteiger partial charge in [0.25, 0.3) is 0 Å². The maximum absolute atomic E-state index is 10.2. The van der Waals surface area contributed by atoms with E-state index in [1.165, 1.54) is 0 Å². The van der Waals surface area contributed by atoms with E-state index in [2.05, 4.69) is 15.2 Å². The van der Waals surface area contributed by atoms with Crippen molar-refractivity contribution in [1.82, 2.24) is 9.88 Å². The van der Waals surface area contributed by atoms with Crippen molar-refractivity contribution in [2.45, 2.75) is 19.9 Å². The minimum atomic E-state index is 0.255. The number of phenolic OH excluding ortho intramolecular Hbond substituents is 1. The normalized spacial score (nSPS) is 17.8. The third kappa shape index (κ3) is 3.97. The van der Waals surface area contributed by atoms with E-state index in [0.717, 1.165) is 49.7 Å². The monoisotopic (exact) mass is 327 g/mol. The highest BCUT2D eigenvalue weighted by Gasteiger charge is 2.23. The molecule has 2 aromatic rings. The Morgan fingerprint density at radius 1 is 1.29 bits per heavy atom. The lowest BCUT2D eigenvalue weighted by Gasteiger charge is -2.18. The average Bonchev–Trinajstić information content (AvgIpc) is 3.02. The number of nitrogens with zero attached hydrogens (tertiary/aromatic N) is 2. The number of hydrogen-bond donors (Lipinski definition) is 2. The number of rotatable bonds is 6. The lowest BCUT2D eigenvalue weighted by molar-refractivity contribution is 0.308. The van der Waals surface area contributed by atoms with Crippen LogP contribution in [0.3, 0.4) is 0 Å². The first-order valence-electron chi connectivity index (χ1n) is 8.40. The van der Waals surface area contributed by atoms with Gasteiger partial charge in [-0.3, -0.25) is 4.90 Å². The first-order chi connectivity index (χ1) is 11.7. The molecule has 1 unspecified atom stereocenters.